The van der Waals surface area contributed by atoms with E-state index in [1.165, 1.54) is 6.07 Å². The molecule has 0 saturated carbocycles. The lowest BCUT2D eigenvalue weighted by molar-refractivity contribution is -0.0191. The van der Waals surface area contributed by atoms with Gasteiger partial charge in [-0.2, -0.15) is 0 Å². The maximum atomic E-state index is 13.6. The number of rotatable bonds is 4. The Labute approximate surface area is 108 Å². The van der Waals surface area contributed by atoms with Gasteiger partial charge in [-0.1, -0.05) is 18.2 Å². The topological polar surface area (TPSA) is 24.5 Å². The first-order chi connectivity index (χ1) is 8.66. The van der Waals surface area contributed by atoms with Crippen LogP contribution in [0.2, 0.25) is 0 Å². The third-order valence-corrected chi connectivity index (χ3v) is 3.37. The molecule has 1 aromatic rings. The molecule has 2 unspecified atom stereocenters. The van der Waals surface area contributed by atoms with Crippen LogP contribution < -0.4 is 5.32 Å². The van der Waals surface area contributed by atoms with Gasteiger partial charge in [0.25, 0.3) is 0 Å². The summed E-state index contributed by atoms with van der Waals surface area (Å²) in [6.45, 7) is 5.41. The summed E-state index contributed by atoms with van der Waals surface area (Å²) in [6.07, 6.45) is 0.193. The van der Waals surface area contributed by atoms with Gasteiger partial charge in [0.1, 0.15) is 5.82 Å². The lowest BCUT2D eigenvalue weighted by Crippen LogP contribution is -2.45. The largest absolute Gasteiger partial charge is 0.374 e. The second-order valence-corrected chi connectivity index (χ2v) is 4.91. The van der Waals surface area contributed by atoms with E-state index in [4.69, 9.17) is 4.74 Å². The van der Waals surface area contributed by atoms with E-state index in [9.17, 15) is 4.39 Å². The monoisotopic (exact) mass is 252 g/mol. The minimum absolute atomic E-state index is 0.00188. The minimum atomic E-state index is -0.154. The van der Waals surface area contributed by atoms with Gasteiger partial charge in [0, 0.05) is 31.2 Å². The van der Waals surface area contributed by atoms with Crippen molar-refractivity contribution < 1.29 is 9.13 Å². The van der Waals surface area contributed by atoms with Gasteiger partial charge in [-0.15, -0.1) is 0 Å². The van der Waals surface area contributed by atoms with Gasteiger partial charge in [-0.05, 0) is 20.0 Å². The molecule has 100 valence electrons. The van der Waals surface area contributed by atoms with Crippen LogP contribution in [0.1, 0.15) is 18.5 Å². The number of likely N-dealkylation sites (N-methyl/N-ethyl adjacent to an activating group) is 1. The molecular formula is C14H21FN2O. The molecule has 0 amide bonds. The SMILES string of the molecule is CC(NCC1CN(C)CCO1)c1ccccc1F. The number of ether oxygens (including phenoxy) is 1. The average Bonchev–Trinajstić information content (AvgIpc) is 2.37. The Morgan fingerprint density at radius 2 is 2.28 bits per heavy atom. The average molecular weight is 252 g/mol. The van der Waals surface area contributed by atoms with Gasteiger partial charge in [0.2, 0.25) is 0 Å². The molecule has 0 bridgehead atoms. The number of morpholine rings is 1. The first kappa shape index (κ1) is 13.5. The lowest BCUT2D eigenvalue weighted by Gasteiger charge is -2.31. The predicted molar refractivity (Wildman–Crippen MR) is 70.1 cm³/mol. The minimum Gasteiger partial charge on any atom is -0.374 e. The van der Waals surface area contributed by atoms with Crippen molar-refractivity contribution >= 4 is 0 Å². The first-order valence-corrected chi connectivity index (χ1v) is 6.45. The summed E-state index contributed by atoms with van der Waals surface area (Å²) < 4.78 is 19.3. The summed E-state index contributed by atoms with van der Waals surface area (Å²) in [5.74, 6) is -0.154. The molecule has 0 aromatic heterocycles. The van der Waals surface area contributed by atoms with Gasteiger partial charge in [-0.25, -0.2) is 4.39 Å². The zero-order valence-electron chi connectivity index (χ0n) is 11.0. The maximum absolute atomic E-state index is 13.6. The van der Waals surface area contributed by atoms with Crippen LogP contribution >= 0.6 is 0 Å². The van der Waals surface area contributed by atoms with Gasteiger partial charge in [0.05, 0.1) is 12.7 Å². The van der Waals surface area contributed by atoms with Gasteiger partial charge < -0.3 is 15.0 Å². The molecular weight excluding hydrogens is 231 g/mol. The predicted octanol–water partition coefficient (Wildman–Crippen LogP) is 1.81. The Balaban J connectivity index is 1.84. The molecule has 2 atom stereocenters. The van der Waals surface area contributed by atoms with Crippen LogP contribution in [-0.2, 0) is 4.74 Å². The second-order valence-electron chi connectivity index (χ2n) is 4.91. The Hall–Kier alpha value is -0.970. The van der Waals surface area contributed by atoms with E-state index in [0.29, 0.717) is 5.56 Å². The fourth-order valence-corrected chi connectivity index (χ4v) is 2.23. The third kappa shape index (κ3) is 3.51. The highest BCUT2D eigenvalue weighted by atomic mass is 19.1. The first-order valence-electron chi connectivity index (χ1n) is 6.45. The summed E-state index contributed by atoms with van der Waals surface area (Å²) in [6, 6.07) is 6.90. The van der Waals surface area contributed by atoms with Gasteiger partial charge in [0.15, 0.2) is 0 Å². The standard InChI is InChI=1S/C14H21FN2O/c1-11(13-5-3-4-6-14(13)15)16-9-12-10-17(2)7-8-18-12/h3-6,11-12,16H,7-10H2,1-2H3. The quantitative estimate of drug-likeness (QED) is 0.884. The van der Waals surface area contributed by atoms with Crippen LogP contribution in [0.25, 0.3) is 0 Å². The summed E-state index contributed by atoms with van der Waals surface area (Å²) in [4.78, 5) is 2.25. The van der Waals surface area contributed by atoms with E-state index in [1.807, 2.05) is 19.1 Å². The Morgan fingerprint density at radius 1 is 1.50 bits per heavy atom. The third-order valence-electron chi connectivity index (χ3n) is 3.37. The van der Waals surface area contributed by atoms with Crippen molar-refractivity contribution in [3.8, 4) is 0 Å². The van der Waals surface area contributed by atoms with E-state index in [-0.39, 0.29) is 18.0 Å². The Bertz CT molecular complexity index is 386. The number of nitrogens with one attached hydrogen (secondary N) is 1. The molecule has 1 aliphatic heterocycles. The zero-order valence-corrected chi connectivity index (χ0v) is 11.0. The molecule has 2 rings (SSSR count). The fraction of sp³-hybridized carbons (Fsp3) is 0.571. The van der Waals surface area contributed by atoms with E-state index in [0.717, 1.165) is 26.2 Å². The van der Waals surface area contributed by atoms with E-state index in [2.05, 4.69) is 17.3 Å². The van der Waals surface area contributed by atoms with Crippen LogP contribution in [-0.4, -0.2) is 44.3 Å². The molecule has 0 spiro atoms. The van der Waals surface area contributed by atoms with Crippen LogP contribution in [0.3, 0.4) is 0 Å². The molecule has 1 aromatic carbocycles. The lowest BCUT2D eigenvalue weighted by atomic mass is 10.1. The number of halogens is 1. The van der Waals surface area contributed by atoms with Crippen molar-refractivity contribution in [2.45, 2.75) is 19.1 Å². The summed E-state index contributed by atoms with van der Waals surface area (Å²) in [5, 5.41) is 3.34. The van der Waals surface area contributed by atoms with E-state index >= 15 is 0 Å². The molecule has 1 fully saturated rings. The van der Waals surface area contributed by atoms with Crippen molar-refractivity contribution in [3.63, 3.8) is 0 Å². The van der Waals surface area contributed by atoms with E-state index in [1.54, 1.807) is 6.07 Å². The van der Waals surface area contributed by atoms with Gasteiger partial charge >= 0.3 is 0 Å². The highest BCUT2D eigenvalue weighted by Crippen LogP contribution is 2.16. The molecule has 1 heterocycles. The number of hydrogen-bond acceptors (Lipinski definition) is 3. The molecule has 3 nitrogen and oxygen atoms in total. The van der Waals surface area contributed by atoms with E-state index < -0.39 is 0 Å². The van der Waals surface area contributed by atoms with Crippen LogP contribution in [0, 0.1) is 5.82 Å². The van der Waals surface area contributed by atoms with Crippen LogP contribution in [0.15, 0.2) is 24.3 Å². The number of benzene rings is 1. The molecule has 1 N–H and O–H groups in total. The summed E-state index contributed by atoms with van der Waals surface area (Å²) in [7, 11) is 2.09. The summed E-state index contributed by atoms with van der Waals surface area (Å²) in [5.41, 5.74) is 0.710. The van der Waals surface area contributed by atoms with Crippen molar-refractivity contribution in [1.29, 1.82) is 0 Å². The summed E-state index contributed by atoms with van der Waals surface area (Å²) >= 11 is 0. The molecule has 18 heavy (non-hydrogen) atoms. The number of hydrogen-bond donors (Lipinski definition) is 1. The molecule has 1 aliphatic rings. The van der Waals surface area contributed by atoms with Crippen LogP contribution in [0.5, 0.6) is 0 Å². The number of nitrogens with zero attached hydrogens (tertiary/aromatic N) is 1. The second kappa shape index (κ2) is 6.27. The van der Waals surface area contributed by atoms with Crippen molar-refractivity contribution in [1.82, 2.24) is 10.2 Å². The highest BCUT2D eigenvalue weighted by Gasteiger charge is 2.18. The zero-order chi connectivity index (χ0) is 13.0. The Kier molecular flexibility index (Phi) is 4.69. The fourth-order valence-electron chi connectivity index (χ4n) is 2.23. The molecule has 0 radical (unpaired) electrons. The molecule has 0 aliphatic carbocycles. The molecule has 1 saturated heterocycles. The molecule has 4 heteroatoms. The van der Waals surface area contributed by atoms with Crippen molar-refractivity contribution in [3.05, 3.63) is 35.6 Å². The van der Waals surface area contributed by atoms with Crippen LogP contribution in [0.4, 0.5) is 4.39 Å². The van der Waals surface area contributed by atoms with Crippen molar-refractivity contribution in [2.75, 3.05) is 33.3 Å². The highest BCUT2D eigenvalue weighted by molar-refractivity contribution is 5.20. The normalized spacial score (nSPS) is 22.9. The smallest absolute Gasteiger partial charge is 0.127 e. The Morgan fingerprint density at radius 3 is 3.00 bits per heavy atom. The maximum Gasteiger partial charge on any atom is 0.127 e. The van der Waals surface area contributed by atoms with Crippen molar-refractivity contribution in [2.24, 2.45) is 0 Å². The van der Waals surface area contributed by atoms with Gasteiger partial charge in [-0.3, -0.25) is 0 Å².